The van der Waals surface area contributed by atoms with E-state index in [1.165, 1.54) is 16.2 Å². The van der Waals surface area contributed by atoms with E-state index in [0.29, 0.717) is 37.3 Å². The summed E-state index contributed by atoms with van der Waals surface area (Å²) < 4.78 is 41.2. The van der Waals surface area contributed by atoms with Gasteiger partial charge in [0, 0.05) is 16.8 Å². The van der Waals surface area contributed by atoms with Crippen molar-refractivity contribution in [3.8, 4) is 5.19 Å². The zero-order valence-electron chi connectivity index (χ0n) is 27.7. The van der Waals surface area contributed by atoms with Crippen LogP contribution in [0.4, 0.5) is 4.79 Å². The SMILES string of the molecule is CC(C)(C)OC(=O)N[C@H]1CCCCC/C=C\[C@H]2C[C@@]2(C(=O)NS(=O)(=O)C2CC2)NC(=O)[C@@H]2C[C@@H](Oc3nc4ccc(Br)cc4s3)CN2C1=O. The van der Waals surface area contributed by atoms with Crippen LogP contribution in [0.15, 0.2) is 34.8 Å². The predicted octanol–water partition coefficient (Wildman–Crippen LogP) is 4.30. The molecule has 2 aromatic rings. The van der Waals surface area contributed by atoms with Gasteiger partial charge in [0.15, 0.2) is 0 Å². The van der Waals surface area contributed by atoms with Crippen molar-refractivity contribution >= 4 is 71.3 Å². The fourth-order valence-corrected chi connectivity index (χ4v) is 9.16. The maximum Gasteiger partial charge on any atom is 0.408 e. The van der Waals surface area contributed by atoms with Crippen LogP contribution in [0, 0.1) is 5.92 Å². The highest BCUT2D eigenvalue weighted by Crippen LogP contribution is 2.46. The molecule has 2 aliphatic carbocycles. The second-order valence-electron chi connectivity index (χ2n) is 14.3. The zero-order chi connectivity index (χ0) is 35.1. The molecule has 49 heavy (non-hydrogen) atoms. The number of aromatic nitrogens is 1. The summed E-state index contributed by atoms with van der Waals surface area (Å²) in [7, 11) is -3.87. The van der Waals surface area contributed by atoms with Gasteiger partial charge in [-0.05, 0) is 77.5 Å². The molecular formula is C33H42BrN5O8S2. The number of amides is 4. The molecule has 0 radical (unpaired) electrons. The quantitative estimate of drug-likeness (QED) is 0.362. The average Bonchev–Trinajstić information content (AvgIpc) is 3.90. The summed E-state index contributed by atoms with van der Waals surface area (Å²) in [6, 6.07) is 3.63. The molecule has 0 bridgehead atoms. The molecule has 3 fully saturated rings. The maximum absolute atomic E-state index is 14.3. The molecule has 3 heterocycles. The van der Waals surface area contributed by atoms with Gasteiger partial charge in [-0.3, -0.25) is 19.1 Å². The van der Waals surface area contributed by atoms with Gasteiger partial charge in [0.1, 0.15) is 29.3 Å². The molecule has 1 aromatic carbocycles. The lowest BCUT2D eigenvalue weighted by Gasteiger charge is -2.30. The molecule has 16 heteroatoms. The predicted molar refractivity (Wildman–Crippen MR) is 186 cm³/mol. The lowest BCUT2D eigenvalue weighted by atomic mass is 10.0. The van der Waals surface area contributed by atoms with Crippen molar-refractivity contribution in [3.63, 3.8) is 0 Å². The Morgan fingerprint density at radius 3 is 2.65 bits per heavy atom. The number of nitrogens with one attached hydrogen (secondary N) is 3. The lowest BCUT2D eigenvalue weighted by Crippen LogP contribution is -2.58. The van der Waals surface area contributed by atoms with Crippen molar-refractivity contribution in [2.24, 2.45) is 5.92 Å². The number of rotatable bonds is 6. The number of allylic oxidation sites excluding steroid dienone is 1. The zero-order valence-corrected chi connectivity index (χ0v) is 30.9. The van der Waals surface area contributed by atoms with Crippen LogP contribution in [-0.2, 0) is 29.1 Å². The van der Waals surface area contributed by atoms with Crippen LogP contribution in [0.1, 0.15) is 78.6 Å². The van der Waals surface area contributed by atoms with E-state index in [4.69, 9.17) is 9.47 Å². The van der Waals surface area contributed by atoms with Gasteiger partial charge in [0.2, 0.25) is 21.8 Å². The van der Waals surface area contributed by atoms with Crippen molar-refractivity contribution in [2.75, 3.05) is 6.54 Å². The summed E-state index contributed by atoms with van der Waals surface area (Å²) in [6.07, 6.45) is 6.99. The summed E-state index contributed by atoms with van der Waals surface area (Å²) in [5, 5.41) is 5.36. The number of nitrogens with zero attached hydrogens (tertiary/aromatic N) is 2. The molecule has 4 amide bonds. The largest absolute Gasteiger partial charge is 0.465 e. The van der Waals surface area contributed by atoms with Crippen LogP contribution in [0.25, 0.3) is 10.2 Å². The Kier molecular flexibility index (Phi) is 10.0. The minimum absolute atomic E-state index is 0.0294. The molecule has 13 nitrogen and oxygen atoms in total. The molecule has 2 saturated carbocycles. The third-order valence-corrected chi connectivity index (χ3v) is 12.4. The molecule has 5 atom stereocenters. The first-order valence-electron chi connectivity index (χ1n) is 16.7. The summed E-state index contributed by atoms with van der Waals surface area (Å²) in [5.74, 6) is -2.26. The molecule has 266 valence electrons. The molecule has 0 unspecified atom stereocenters. The maximum atomic E-state index is 14.3. The van der Waals surface area contributed by atoms with E-state index < -0.39 is 74.3 Å². The van der Waals surface area contributed by atoms with Gasteiger partial charge in [-0.1, -0.05) is 52.3 Å². The minimum Gasteiger partial charge on any atom is -0.465 e. The molecular weight excluding hydrogens is 738 g/mol. The van der Waals surface area contributed by atoms with E-state index in [0.717, 1.165) is 27.5 Å². The number of halogens is 1. The number of benzene rings is 1. The van der Waals surface area contributed by atoms with Gasteiger partial charge in [-0.2, -0.15) is 0 Å². The Morgan fingerprint density at radius 1 is 1.14 bits per heavy atom. The van der Waals surface area contributed by atoms with Gasteiger partial charge in [-0.15, -0.1) is 0 Å². The summed E-state index contributed by atoms with van der Waals surface area (Å²) in [6.45, 7) is 5.22. The second-order valence-corrected chi connectivity index (χ2v) is 18.2. The highest BCUT2D eigenvalue weighted by molar-refractivity contribution is 9.10. The van der Waals surface area contributed by atoms with E-state index in [2.05, 4.69) is 36.3 Å². The molecule has 6 rings (SSSR count). The van der Waals surface area contributed by atoms with Crippen molar-refractivity contribution < 1.29 is 37.1 Å². The second kappa shape index (κ2) is 13.8. The number of carbonyl (C=O) groups is 4. The van der Waals surface area contributed by atoms with Crippen LogP contribution in [0.3, 0.4) is 0 Å². The average molecular weight is 781 g/mol. The topological polar surface area (TPSA) is 173 Å². The Labute approximate surface area is 298 Å². The normalized spacial score (nSPS) is 28.7. The molecule has 0 spiro atoms. The van der Waals surface area contributed by atoms with Gasteiger partial charge < -0.3 is 25.0 Å². The summed E-state index contributed by atoms with van der Waals surface area (Å²) in [4.78, 5) is 60.9. The third kappa shape index (κ3) is 8.39. The molecule has 1 saturated heterocycles. The monoisotopic (exact) mass is 779 g/mol. The molecule has 3 N–H and O–H groups in total. The van der Waals surface area contributed by atoms with Crippen LogP contribution < -0.4 is 20.1 Å². The first kappa shape index (κ1) is 35.6. The van der Waals surface area contributed by atoms with Crippen molar-refractivity contribution in [1.82, 2.24) is 25.2 Å². The van der Waals surface area contributed by atoms with Crippen LogP contribution >= 0.6 is 27.3 Å². The van der Waals surface area contributed by atoms with Crippen molar-refractivity contribution in [2.45, 2.75) is 113 Å². The Morgan fingerprint density at radius 2 is 1.92 bits per heavy atom. The van der Waals surface area contributed by atoms with Crippen molar-refractivity contribution in [1.29, 1.82) is 0 Å². The number of fused-ring (bicyclic) bond motifs is 3. The van der Waals surface area contributed by atoms with E-state index >= 15 is 0 Å². The van der Waals surface area contributed by atoms with E-state index in [1.807, 2.05) is 30.4 Å². The van der Waals surface area contributed by atoms with Gasteiger partial charge >= 0.3 is 6.09 Å². The van der Waals surface area contributed by atoms with Gasteiger partial charge in [0.05, 0.1) is 22.0 Å². The fourth-order valence-electron chi connectivity index (χ4n) is 6.37. The van der Waals surface area contributed by atoms with Crippen LogP contribution in [0.2, 0.25) is 0 Å². The van der Waals surface area contributed by atoms with Crippen LogP contribution in [-0.4, -0.2) is 83.2 Å². The lowest BCUT2D eigenvalue weighted by molar-refractivity contribution is -0.141. The summed E-state index contributed by atoms with van der Waals surface area (Å²) in [5.41, 5.74) is -1.52. The van der Waals surface area contributed by atoms with Crippen molar-refractivity contribution in [3.05, 3.63) is 34.8 Å². The van der Waals surface area contributed by atoms with E-state index in [-0.39, 0.29) is 19.4 Å². The Bertz CT molecular complexity index is 1770. The van der Waals surface area contributed by atoms with Crippen LogP contribution in [0.5, 0.6) is 5.19 Å². The number of sulfonamides is 1. The number of thiazole rings is 1. The smallest absolute Gasteiger partial charge is 0.408 e. The highest BCUT2D eigenvalue weighted by Gasteiger charge is 2.62. The van der Waals surface area contributed by atoms with Gasteiger partial charge in [0.25, 0.3) is 11.1 Å². The number of hydrogen-bond acceptors (Lipinski definition) is 10. The fraction of sp³-hybridized carbons (Fsp3) is 0.606. The Hall–Kier alpha value is -3.24. The minimum atomic E-state index is -3.87. The van der Waals surface area contributed by atoms with E-state index in [9.17, 15) is 27.6 Å². The number of hydrogen-bond donors (Lipinski definition) is 3. The molecule has 4 aliphatic rings. The van der Waals surface area contributed by atoms with Gasteiger partial charge in [-0.25, -0.2) is 18.2 Å². The van der Waals surface area contributed by atoms with E-state index in [1.54, 1.807) is 20.8 Å². The first-order chi connectivity index (χ1) is 23.1. The standard InChI is InChI=1S/C33H42BrN5O8S2/c1-32(2,3)47-30(43)35-24-10-8-6-4-5-7-9-19-17-33(19,29(42)38-49(44,45)22-12-13-22)37-27(40)25-16-21(18-39(25)28(24)41)46-31-36-23-14-11-20(34)15-26(23)48-31/h7,9,11,14-15,19,21-22,24-25H,4-6,8,10,12-13,16-18H2,1-3H3,(H,35,43)(H,37,40)(H,38,42)/b9-7-/t19-,21+,24-,25-,33+/m0/s1. The number of ether oxygens (including phenoxy) is 2. The number of carbonyl (C=O) groups excluding carboxylic acids is 4. The third-order valence-electron chi connectivity index (χ3n) is 9.13. The first-order valence-corrected chi connectivity index (χ1v) is 19.9. The summed E-state index contributed by atoms with van der Waals surface area (Å²) >= 11 is 4.81. The Balaban J connectivity index is 1.28. The highest BCUT2D eigenvalue weighted by atomic mass is 79.9. The molecule has 2 aliphatic heterocycles. The molecule has 1 aromatic heterocycles. The number of alkyl carbamates (subject to hydrolysis) is 1.